The highest BCUT2D eigenvalue weighted by Crippen LogP contribution is 2.34. The third kappa shape index (κ3) is 3.60. The van der Waals surface area contributed by atoms with Gasteiger partial charge in [0.25, 0.3) is 5.91 Å². The number of hydrogen-bond acceptors (Lipinski definition) is 3. The van der Waals surface area contributed by atoms with Crippen molar-refractivity contribution in [3.05, 3.63) is 78.1 Å². The lowest BCUT2D eigenvalue weighted by Gasteiger charge is -2.29. The van der Waals surface area contributed by atoms with Crippen molar-refractivity contribution in [2.24, 2.45) is 0 Å². The Kier molecular flexibility index (Phi) is 4.72. The summed E-state index contributed by atoms with van der Waals surface area (Å²) in [6.45, 7) is 0.837. The van der Waals surface area contributed by atoms with Crippen LogP contribution in [0.5, 0.6) is 11.5 Å². The number of carbonyl (C=O) groups is 1. The highest BCUT2D eigenvalue weighted by atomic mass is 16.7. The van der Waals surface area contributed by atoms with Crippen LogP contribution < -0.4 is 9.47 Å². The van der Waals surface area contributed by atoms with Gasteiger partial charge in [0.15, 0.2) is 11.5 Å². The summed E-state index contributed by atoms with van der Waals surface area (Å²) in [5, 5.41) is 0. The van der Waals surface area contributed by atoms with Crippen LogP contribution >= 0.6 is 0 Å². The van der Waals surface area contributed by atoms with Gasteiger partial charge in [-0.2, -0.15) is 0 Å². The summed E-state index contributed by atoms with van der Waals surface area (Å²) in [7, 11) is 0. The largest absolute Gasteiger partial charge is 0.454 e. The van der Waals surface area contributed by atoms with Crippen molar-refractivity contribution >= 4 is 5.91 Å². The Bertz CT molecular complexity index is 1010. The van der Waals surface area contributed by atoms with E-state index in [4.69, 9.17) is 9.47 Å². The minimum atomic E-state index is 0.0866. The van der Waals surface area contributed by atoms with Gasteiger partial charge in [-0.05, 0) is 60.9 Å². The van der Waals surface area contributed by atoms with Gasteiger partial charge in [-0.15, -0.1) is 0 Å². The standard InChI is InChI=1S/C24H24N2O3/c27-24(19-6-5-9-21(15-19)25-12-3-4-13-25)26(20-7-1-2-8-20)16-18-10-11-22-23(14-18)29-17-28-22/h3-6,9-15,20H,1-2,7-8,16-17H2. The summed E-state index contributed by atoms with van der Waals surface area (Å²) in [4.78, 5) is 15.6. The summed E-state index contributed by atoms with van der Waals surface area (Å²) in [6.07, 6.45) is 8.47. The Balaban J connectivity index is 1.44. The van der Waals surface area contributed by atoms with Crippen LogP contribution in [0.3, 0.4) is 0 Å². The van der Waals surface area contributed by atoms with E-state index in [0.29, 0.717) is 6.54 Å². The first-order valence-corrected chi connectivity index (χ1v) is 10.2. The topological polar surface area (TPSA) is 43.7 Å². The number of fused-ring (bicyclic) bond motifs is 1. The molecule has 2 heterocycles. The molecule has 1 aliphatic carbocycles. The normalized spacial score (nSPS) is 15.6. The molecule has 1 amide bonds. The second kappa shape index (κ2) is 7.66. The van der Waals surface area contributed by atoms with E-state index in [1.54, 1.807) is 0 Å². The molecule has 3 aromatic rings. The van der Waals surface area contributed by atoms with E-state index in [2.05, 4.69) is 0 Å². The van der Waals surface area contributed by atoms with Gasteiger partial charge in [0.05, 0.1) is 0 Å². The summed E-state index contributed by atoms with van der Waals surface area (Å²) < 4.78 is 13.0. The molecular weight excluding hydrogens is 364 g/mol. The molecule has 0 saturated heterocycles. The van der Waals surface area contributed by atoms with E-state index in [-0.39, 0.29) is 18.7 Å². The van der Waals surface area contributed by atoms with Crippen molar-refractivity contribution in [1.29, 1.82) is 0 Å². The van der Waals surface area contributed by atoms with Gasteiger partial charge in [0, 0.05) is 36.2 Å². The fourth-order valence-corrected chi connectivity index (χ4v) is 4.29. The second-order valence-electron chi connectivity index (χ2n) is 7.70. The van der Waals surface area contributed by atoms with Crippen molar-refractivity contribution in [3.63, 3.8) is 0 Å². The molecule has 1 aliphatic heterocycles. The average molecular weight is 388 g/mol. The number of rotatable bonds is 5. The van der Waals surface area contributed by atoms with Gasteiger partial charge in [0.1, 0.15) is 0 Å². The van der Waals surface area contributed by atoms with E-state index in [1.807, 2.05) is 76.5 Å². The number of nitrogens with zero attached hydrogens (tertiary/aromatic N) is 2. The zero-order valence-corrected chi connectivity index (χ0v) is 16.3. The third-order valence-electron chi connectivity index (χ3n) is 5.81. The van der Waals surface area contributed by atoms with Crippen molar-refractivity contribution < 1.29 is 14.3 Å². The lowest BCUT2D eigenvalue weighted by Crippen LogP contribution is -2.38. The van der Waals surface area contributed by atoms with Crippen LogP contribution in [0.2, 0.25) is 0 Å². The highest BCUT2D eigenvalue weighted by Gasteiger charge is 2.28. The molecule has 1 aromatic heterocycles. The molecular formula is C24H24N2O3. The first-order valence-electron chi connectivity index (χ1n) is 10.2. The van der Waals surface area contributed by atoms with Crippen LogP contribution in [0.25, 0.3) is 5.69 Å². The van der Waals surface area contributed by atoms with E-state index >= 15 is 0 Å². The van der Waals surface area contributed by atoms with Crippen LogP contribution in [0, 0.1) is 0 Å². The van der Waals surface area contributed by atoms with Crippen LogP contribution in [0.1, 0.15) is 41.6 Å². The Labute approximate surface area is 170 Å². The van der Waals surface area contributed by atoms with Crippen molar-refractivity contribution in [2.75, 3.05) is 6.79 Å². The minimum Gasteiger partial charge on any atom is -0.454 e. The molecule has 0 unspecified atom stereocenters. The number of benzene rings is 2. The number of ether oxygens (including phenoxy) is 2. The summed E-state index contributed by atoms with van der Waals surface area (Å²) in [5.74, 6) is 1.62. The molecule has 5 rings (SSSR count). The molecule has 0 radical (unpaired) electrons. The van der Waals surface area contributed by atoms with E-state index in [0.717, 1.165) is 41.2 Å². The maximum Gasteiger partial charge on any atom is 0.254 e. The van der Waals surface area contributed by atoms with E-state index < -0.39 is 0 Å². The van der Waals surface area contributed by atoms with Crippen LogP contribution in [0.4, 0.5) is 0 Å². The smallest absolute Gasteiger partial charge is 0.254 e. The maximum absolute atomic E-state index is 13.6. The monoisotopic (exact) mass is 388 g/mol. The van der Waals surface area contributed by atoms with Crippen molar-refractivity contribution in [3.8, 4) is 17.2 Å². The first-order chi connectivity index (χ1) is 14.3. The van der Waals surface area contributed by atoms with E-state index in [1.165, 1.54) is 12.8 Å². The zero-order chi connectivity index (χ0) is 19.6. The second-order valence-corrected chi connectivity index (χ2v) is 7.70. The van der Waals surface area contributed by atoms with Gasteiger partial charge in [-0.3, -0.25) is 4.79 Å². The Hall–Kier alpha value is -3.21. The lowest BCUT2D eigenvalue weighted by molar-refractivity contribution is 0.0664. The molecule has 0 atom stereocenters. The average Bonchev–Trinajstić information content (AvgIpc) is 3.53. The summed E-state index contributed by atoms with van der Waals surface area (Å²) in [5.41, 5.74) is 2.79. The minimum absolute atomic E-state index is 0.0866. The first kappa shape index (κ1) is 17.9. The molecule has 0 bridgehead atoms. The summed E-state index contributed by atoms with van der Waals surface area (Å²) >= 11 is 0. The number of aromatic nitrogens is 1. The van der Waals surface area contributed by atoms with Crippen molar-refractivity contribution in [2.45, 2.75) is 38.3 Å². The fraction of sp³-hybridized carbons (Fsp3) is 0.292. The predicted molar refractivity (Wildman–Crippen MR) is 110 cm³/mol. The lowest BCUT2D eigenvalue weighted by atomic mass is 10.1. The zero-order valence-electron chi connectivity index (χ0n) is 16.3. The molecule has 1 saturated carbocycles. The molecule has 5 nitrogen and oxygen atoms in total. The van der Waals surface area contributed by atoms with Gasteiger partial charge in [0.2, 0.25) is 6.79 Å². The molecule has 5 heteroatoms. The van der Waals surface area contributed by atoms with Gasteiger partial charge < -0.3 is 18.9 Å². The van der Waals surface area contributed by atoms with Crippen LogP contribution in [0.15, 0.2) is 67.0 Å². The molecule has 0 N–H and O–H groups in total. The van der Waals surface area contributed by atoms with Crippen LogP contribution in [-0.2, 0) is 6.54 Å². The quantitative estimate of drug-likeness (QED) is 0.631. The third-order valence-corrected chi connectivity index (χ3v) is 5.81. The van der Waals surface area contributed by atoms with Gasteiger partial charge in [-0.1, -0.05) is 25.0 Å². The van der Waals surface area contributed by atoms with Gasteiger partial charge >= 0.3 is 0 Å². The Morgan fingerprint density at radius 1 is 0.966 bits per heavy atom. The highest BCUT2D eigenvalue weighted by molar-refractivity contribution is 5.95. The number of hydrogen-bond donors (Lipinski definition) is 0. The molecule has 2 aliphatic rings. The van der Waals surface area contributed by atoms with Crippen LogP contribution in [-0.4, -0.2) is 28.2 Å². The molecule has 0 spiro atoms. The Morgan fingerprint density at radius 2 is 1.76 bits per heavy atom. The molecule has 2 aromatic carbocycles. The molecule has 148 valence electrons. The van der Waals surface area contributed by atoms with E-state index in [9.17, 15) is 4.79 Å². The van der Waals surface area contributed by atoms with Gasteiger partial charge in [-0.25, -0.2) is 0 Å². The predicted octanol–water partition coefficient (Wildman–Crippen LogP) is 4.79. The number of amides is 1. The SMILES string of the molecule is O=C(c1cccc(-n2cccc2)c1)N(Cc1ccc2c(c1)OCO2)C1CCCC1. The summed E-state index contributed by atoms with van der Waals surface area (Å²) in [6, 6.07) is 18.1. The molecule has 1 fully saturated rings. The van der Waals surface area contributed by atoms with Crippen molar-refractivity contribution in [1.82, 2.24) is 9.47 Å². The Morgan fingerprint density at radius 3 is 2.59 bits per heavy atom. The maximum atomic E-state index is 13.6. The fourth-order valence-electron chi connectivity index (χ4n) is 4.29. The number of carbonyl (C=O) groups excluding carboxylic acids is 1. The molecule has 29 heavy (non-hydrogen) atoms.